The molecule has 3 aromatic carbocycles. The maximum absolute atomic E-state index is 13.0. The van der Waals surface area contributed by atoms with Crippen LogP contribution in [0.1, 0.15) is 17.5 Å². The zero-order chi connectivity index (χ0) is 25.5. The average Bonchev–Trinajstić information content (AvgIpc) is 3.17. The van der Waals surface area contributed by atoms with E-state index in [0.717, 1.165) is 56.5 Å². The van der Waals surface area contributed by atoms with Gasteiger partial charge in [0.2, 0.25) is 0 Å². The Kier molecular flexibility index (Phi) is 8.11. The van der Waals surface area contributed by atoms with Crippen molar-refractivity contribution in [2.45, 2.75) is 24.3 Å². The minimum atomic E-state index is -3.77. The first-order chi connectivity index (χ1) is 18.1. The molecule has 1 aromatic heterocycles. The molecular formula is C29H32N4O3S. The molecule has 37 heavy (non-hydrogen) atoms. The van der Waals surface area contributed by atoms with Gasteiger partial charge in [-0.15, -0.1) is 0 Å². The Labute approximate surface area is 218 Å². The van der Waals surface area contributed by atoms with Crippen molar-refractivity contribution in [1.29, 1.82) is 0 Å². The van der Waals surface area contributed by atoms with Crippen molar-refractivity contribution in [1.82, 2.24) is 14.9 Å². The Morgan fingerprint density at radius 3 is 2.46 bits per heavy atom. The van der Waals surface area contributed by atoms with Crippen LogP contribution in [0, 0.1) is 0 Å². The van der Waals surface area contributed by atoms with E-state index in [2.05, 4.69) is 44.9 Å². The summed E-state index contributed by atoms with van der Waals surface area (Å²) in [5.41, 5.74) is 3.32. The Balaban J connectivity index is 1.12. The molecule has 0 unspecified atom stereocenters. The fourth-order valence-electron chi connectivity index (χ4n) is 4.57. The van der Waals surface area contributed by atoms with Crippen molar-refractivity contribution in [3.63, 3.8) is 0 Å². The molecule has 0 radical (unpaired) electrons. The van der Waals surface area contributed by atoms with Gasteiger partial charge in [-0.1, -0.05) is 60.7 Å². The van der Waals surface area contributed by atoms with Crippen LogP contribution in [-0.2, 0) is 27.9 Å². The molecule has 1 fully saturated rings. The smallest absolute Gasteiger partial charge is 0.264 e. The summed E-state index contributed by atoms with van der Waals surface area (Å²) in [6.45, 7) is 5.34. The summed E-state index contributed by atoms with van der Waals surface area (Å²) in [6, 6.07) is 26.7. The van der Waals surface area contributed by atoms with Crippen molar-refractivity contribution in [2.75, 3.05) is 37.4 Å². The number of rotatable bonds is 9. The Bertz CT molecular complexity index is 1410. The van der Waals surface area contributed by atoms with E-state index in [0.29, 0.717) is 17.8 Å². The van der Waals surface area contributed by atoms with Gasteiger partial charge < -0.3 is 4.90 Å². The highest BCUT2D eigenvalue weighted by Crippen LogP contribution is 2.23. The number of anilines is 1. The van der Waals surface area contributed by atoms with E-state index in [1.807, 2.05) is 29.3 Å². The molecule has 0 saturated carbocycles. The first-order valence-corrected chi connectivity index (χ1v) is 14.1. The lowest BCUT2D eigenvalue weighted by molar-refractivity contribution is -0.166. The SMILES string of the molecule is O=S(=O)(Nc1ccc(CON2CCCN(CCc3ccccc3)CC2)cc1)c1cccc2cccnc12. The largest absolute Gasteiger partial charge is 0.302 e. The molecule has 192 valence electrons. The summed E-state index contributed by atoms with van der Waals surface area (Å²) < 4.78 is 28.7. The molecule has 7 nitrogen and oxygen atoms in total. The van der Waals surface area contributed by atoms with E-state index in [4.69, 9.17) is 4.84 Å². The number of hydrogen-bond donors (Lipinski definition) is 1. The second-order valence-electron chi connectivity index (χ2n) is 9.27. The van der Waals surface area contributed by atoms with E-state index >= 15 is 0 Å². The molecule has 0 aliphatic carbocycles. The molecule has 2 heterocycles. The van der Waals surface area contributed by atoms with Crippen molar-refractivity contribution in [2.24, 2.45) is 0 Å². The van der Waals surface area contributed by atoms with E-state index in [9.17, 15) is 8.42 Å². The average molecular weight is 517 g/mol. The van der Waals surface area contributed by atoms with Crippen LogP contribution in [0.5, 0.6) is 0 Å². The third-order valence-electron chi connectivity index (χ3n) is 6.61. The Hall–Kier alpha value is -3.30. The van der Waals surface area contributed by atoms with Crippen molar-refractivity contribution < 1.29 is 13.3 Å². The number of nitrogens with one attached hydrogen (secondary N) is 1. The van der Waals surface area contributed by atoms with Crippen LogP contribution in [0.2, 0.25) is 0 Å². The van der Waals surface area contributed by atoms with Crippen LogP contribution in [0.25, 0.3) is 10.9 Å². The van der Waals surface area contributed by atoms with Gasteiger partial charge in [0.05, 0.1) is 12.1 Å². The number of fused-ring (bicyclic) bond motifs is 1. The molecule has 1 aliphatic rings. The number of sulfonamides is 1. The number of hydrogen-bond acceptors (Lipinski definition) is 6. The van der Waals surface area contributed by atoms with Gasteiger partial charge >= 0.3 is 0 Å². The van der Waals surface area contributed by atoms with E-state index in [-0.39, 0.29) is 4.90 Å². The number of pyridine rings is 1. The highest BCUT2D eigenvalue weighted by molar-refractivity contribution is 7.93. The fraction of sp³-hybridized carbons (Fsp3) is 0.276. The lowest BCUT2D eigenvalue weighted by Gasteiger charge is -2.21. The van der Waals surface area contributed by atoms with E-state index in [1.165, 1.54) is 5.56 Å². The monoisotopic (exact) mass is 516 g/mol. The van der Waals surface area contributed by atoms with Crippen LogP contribution in [0.3, 0.4) is 0 Å². The van der Waals surface area contributed by atoms with Crippen LogP contribution in [0.15, 0.2) is 96.0 Å². The molecule has 0 bridgehead atoms. The summed E-state index contributed by atoms with van der Waals surface area (Å²) in [7, 11) is -3.77. The summed E-state index contributed by atoms with van der Waals surface area (Å²) in [4.78, 5) is 13.0. The molecule has 1 saturated heterocycles. The molecule has 1 aliphatic heterocycles. The molecule has 8 heteroatoms. The van der Waals surface area contributed by atoms with Crippen LogP contribution >= 0.6 is 0 Å². The van der Waals surface area contributed by atoms with Crippen molar-refractivity contribution >= 4 is 26.6 Å². The zero-order valence-corrected chi connectivity index (χ0v) is 21.6. The molecule has 5 rings (SSSR count). The quantitative estimate of drug-likeness (QED) is 0.347. The van der Waals surface area contributed by atoms with Gasteiger partial charge in [-0.05, 0) is 54.8 Å². The second kappa shape index (κ2) is 11.8. The van der Waals surface area contributed by atoms with Crippen molar-refractivity contribution in [3.05, 3.63) is 102 Å². The van der Waals surface area contributed by atoms with Crippen molar-refractivity contribution in [3.8, 4) is 0 Å². The predicted molar refractivity (Wildman–Crippen MR) is 147 cm³/mol. The van der Waals surface area contributed by atoms with Crippen LogP contribution in [-0.4, -0.2) is 56.1 Å². The number of hydroxylamine groups is 2. The number of nitrogens with zero attached hydrogens (tertiary/aromatic N) is 3. The number of aromatic nitrogens is 1. The summed E-state index contributed by atoms with van der Waals surface area (Å²) in [5, 5.41) is 2.83. The first kappa shape index (κ1) is 25.4. The zero-order valence-electron chi connectivity index (χ0n) is 20.8. The number of benzene rings is 3. The molecule has 1 N–H and O–H groups in total. The minimum absolute atomic E-state index is 0.164. The second-order valence-corrected chi connectivity index (χ2v) is 10.9. The van der Waals surface area contributed by atoms with Gasteiger partial charge in [0.1, 0.15) is 4.90 Å². The fourth-order valence-corrected chi connectivity index (χ4v) is 5.81. The van der Waals surface area contributed by atoms with Gasteiger partial charge in [-0.3, -0.25) is 14.5 Å². The predicted octanol–water partition coefficient (Wildman–Crippen LogP) is 4.72. The van der Waals surface area contributed by atoms with Gasteiger partial charge in [-0.25, -0.2) is 8.42 Å². The first-order valence-electron chi connectivity index (χ1n) is 12.7. The third kappa shape index (κ3) is 6.72. The Morgan fingerprint density at radius 1 is 0.811 bits per heavy atom. The van der Waals surface area contributed by atoms with Gasteiger partial charge in [0.25, 0.3) is 10.0 Å². The topological polar surface area (TPSA) is 74.8 Å². The molecule has 0 atom stereocenters. The summed E-state index contributed by atoms with van der Waals surface area (Å²) in [5.74, 6) is 0. The lowest BCUT2D eigenvalue weighted by Crippen LogP contribution is -2.32. The highest BCUT2D eigenvalue weighted by atomic mass is 32.2. The van der Waals surface area contributed by atoms with Crippen LogP contribution < -0.4 is 4.72 Å². The third-order valence-corrected chi connectivity index (χ3v) is 8.03. The molecule has 4 aromatic rings. The number of para-hydroxylation sites is 1. The lowest BCUT2D eigenvalue weighted by atomic mass is 10.1. The van der Waals surface area contributed by atoms with Gasteiger partial charge in [0, 0.05) is 43.4 Å². The van der Waals surface area contributed by atoms with E-state index in [1.54, 1.807) is 36.5 Å². The van der Waals surface area contributed by atoms with Gasteiger partial charge in [-0.2, -0.15) is 5.06 Å². The normalized spacial score (nSPS) is 15.5. The molecular weight excluding hydrogens is 484 g/mol. The van der Waals surface area contributed by atoms with Crippen LogP contribution in [0.4, 0.5) is 5.69 Å². The molecule has 0 amide bonds. The minimum Gasteiger partial charge on any atom is -0.302 e. The van der Waals surface area contributed by atoms with E-state index < -0.39 is 10.0 Å². The maximum atomic E-state index is 13.0. The highest BCUT2D eigenvalue weighted by Gasteiger charge is 2.19. The maximum Gasteiger partial charge on any atom is 0.264 e. The summed E-state index contributed by atoms with van der Waals surface area (Å²) >= 11 is 0. The van der Waals surface area contributed by atoms with Gasteiger partial charge in [0.15, 0.2) is 0 Å². The Morgan fingerprint density at radius 2 is 1.62 bits per heavy atom. The molecule has 0 spiro atoms. The standard InChI is InChI=1S/C29H32N4O3S/c34-37(35,28-11-4-9-26-10-5-17-30-29(26)28)31-27-14-12-25(13-15-27)23-36-33-19-6-18-32(21-22-33)20-16-24-7-2-1-3-8-24/h1-5,7-15,17,31H,6,16,18-23H2. The summed E-state index contributed by atoms with van der Waals surface area (Å²) in [6.07, 6.45) is 3.73.